The minimum absolute atomic E-state index is 0.341. The first-order valence-electron chi connectivity index (χ1n) is 12.3. The van der Waals surface area contributed by atoms with Crippen molar-refractivity contribution >= 4 is 35.5 Å². The molecule has 7 nitrogen and oxygen atoms in total. The third-order valence-corrected chi connectivity index (χ3v) is 5.10. The Kier molecular flexibility index (Phi) is 14.1. The SMILES string of the molecule is CCCNc1ccc(C=C(CC)C(=O)O)cc1C.CCNc1ccc(C=CC(=O)OCC)cc1OC. The van der Waals surface area contributed by atoms with E-state index in [9.17, 15) is 9.59 Å². The molecule has 0 heterocycles. The molecule has 196 valence electrons. The zero-order valence-electron chi connectivity index (χ0n) is 22.3. The minimum atomic E-state index is -0.844. The van der Waals surface area contributed by atoms with E-state index in [0.717, 1.165) is 53.3 Å². The number of ether oxygens (including phenoxy) is 2. The summed E-state index contributed by atoms with van der Waals surface area (Å²) in [5, 5.41) is 15.5. The molecule has 0 radical (unpaired) electrons. The van der Waals surface area contributed by atoms with Gasteiger partial charge in [-0.2, -0.15) is 0 Å². The first-order chi connectivity index (χ1) is 17.3. The van der Waals surface area contributed by atoms with E-state index in [1.807, 2.05) is 57.2 Å². The molecule has 0 aliphatic carbocycles. The Morgan fingerprint density at radius 3 is 2.22 bits per heavy atom. The summed E-state index contributed by atoms with van der Waals surface area (Å²) < 4.78 is 10.1. The second-order valence-corrected chi connectivity index (χ2v) is 7.90. The fourth-order valence-corrected chi connectivity index (χ4v) is 3.25. The van der Waals surface area contributed by atoms with Gasteiger partial charge in [0.1, 0.15) is 5.75 Å². The van der Waals surface area contributed by atoms with Crippen LogP contribution in [-0.2, 0) is 14.3 Å². The quantitative estimate of drug-likeness (QED) is 0.231. The standard InChI is InChI=1S/C15H21NO2.C14H19NO3/c1-4-8-16-14-7-6-12(9-11(14)3)10-13(5-2)15(17)18;1-4-15-12-8-6-11(10-13(12)17-3)7-9-14(16)18-5-2/h6-7,9-10,16H,4-5,8H2,1-3H3,(H,17,18);6-10,15H,4-5H2,1-3H3. The highest BCUT2D eigenvalue weighted by molar-refractivity contribution is 5.92. The summed E-state index contributed by atoms with van der Waals surface area (Å²) >= 11 is 0. The van der Waals surface area contributed by atoms with E-state index in [2.05, 4.69) is 17.6 Å². The lowest BCUT2D eigenvalue weighted by Crippen LogP contribution is -2.02. The van der Waals surface area contributed by atoms with E-state index in [4.69, 9.17) is 14.6 Å². The number of carboxylic acids is 1. The second-order valence-electron chi connectivity index (χ2n) is 7.90. The van der Waals surface area contributed by atoms with Gasteiger partial charge in [-0.05, 0) is 86.7 Å². The maximum Gasteiger partial charge on any atom is 0.331 e. The van der Waals surface area contributed by atoms with Gasteiger partial charge in [0, 0.05) is 30.4 Å². The smallest absolute Gasteiger partial charge is 0.331 e. The van der Waals surface area contributed by atoms with Crippen LogP contribution in [0.3, 0.4) is 0 Å². The Labute approximate surface area is 215 Å². The third-order valence-electron chi connectivity index (χ3n) is 5.10. The maximum atomic E-state index is 11.2. The van der Waals surface area contributed by atoms with Crippen LogP contribution in [-0.4, -0.2) is 43.9 Å². The number of rotatable bonds is 12. The summed E-state index contributed by atoms with van der Waals surface area (Å²) in [6.07, 6.45) is 6.46. The molecule has 3 N–H and O–H groups in total. The number of nitrogens with one attached hydrogen (secondary N) is 2. The molecule has 2 rings (SSSR count). The second kappa shape index (κ2) is 16.8. The molecule has 0 aliphatic rings. The average molecular weight is 497 g/mol. The van der Waals surface area contributed by atoms with Crippen LogP contribution in [0.4, 0.5) is 11.4 Å². The average Bonchev–Trinajstić information content (AvgIpc) is 2.86. The van der Waals surface area contributed by atoms with E-state index in [0.29, 0.717) is 18.6 Å². The van der Waals surface area contributed by atoms with E-state index >= 15 is 0 Å². The molecule has 0 amide bonds. The molecular formula is C29H40N2O5. The molecule has 0 aromatic heterocycles. The molecule has 2 aromatic rings. The Morgan fingerprint density at radius 2 is 1.67 bits per heavy atom. The van der Waals surface area contributed by atoms with Gasteiger partial charge < -0.3 is 25.2 Å². The van der Waals surface area contributed by atoms with Crippen LogP contribution in [0, 0.1) is 6.92 Å². The third kappa shape index (κ3) is 10.7. The van der Waals surface area contributed by atoms with Crippen LogP contribution in [0.1, 0.15) is 57.2 Å². The van der Waals surface area contributed by atoms with Crippen molar-refractivity contribution in [2.24, 2.45) is 0 Å². The normalized spacial score (nSPS) is 10.9. The van der Waals surface area contributed by atoms with Crippen molar-refractivity contribution in [3.63, 3.8) is 0 Å². The van der Waals surface area contributed by atoms with Crippen LogP contribution in [0.5, 0.6) is 5.75 Å². The summed E-state index contributed by atoms with van der Waals surface area (Å²) in [5.41, 5.74) is 5.45. The largest absolute Gasteiger partial charge is 0.495 e. The van der Waals surface area contributed by atoms with Gasteiger partial charge >= 0.3 is 11.9 Å². The number of carbonyl (C=O) groups excluding carboxylic acids is 1. The van der Waals surface area contributed by atoms with Gasteiger partial charge in [0.25, 0.3) is 0 Å². The highest BCUT2D eigenvalue weighted by atomic mass is 16.5. The summed E-state index contributed by atoms with van der Waals surface area (Å²) in [6, 6.07) is 11.7. The molecule has 7 heteroatoms. The summed E-state index contributed by atoms with van der Waals surface area (Å²) in [5.74, 6) is -0.432. The molecule has 0 fully saturated rings. The van der Waals surface area contributed by atoms with Crippen molar-refractivity contribution in [3.8, 4) is 5.75 Å². The van der Waals surface area contributed by atoms with Crippen molar-refractivity contribution in [1.29, 1.82) is 0 Å². The number of anilines is 2. The van der Waals surface area contributed by atoms with Crippen LogP contribution >= 0.6 is 0 Å². The lowest BCUT2D eigenvalue weighted by molar-refractivity contribution is -0.137. The Hall–Kier alpha value is -3.74. The lowest BCUT2D eigenvalue weighted by atomic mass is 10.1. The van der Waals surface area contributed by atoms with Crippen LogP contribution in [0.15, 0.2) is 48.0 Å². The van der Waals surface area contributed by atoms with E-state index < -0.39 is 5.97 Å². The highest BCUT2D eigenvalue weighted by Crippen LogP contribution is 2.26. The van der Waals surface area contributed by atoms with Crippen LogP contribution in [0.25, 0.3) is 12.2 Å². The van der Waals surface area contributed by atoms with Gasteiger partial charge in [0.15, 0.2) is 0 Å². The molecule has 0 bridgehead atoms. The molecule has 2 aromatic carbocycles. The van der Waals surface area contributed by atoms with Gasteiger partial charge in [0.2, 0.25) is 0 Å². The van der Waals surface area contributed by atoms with Crippen molar-refractivity contribution in [2.45, 2.75) is 47.5 Å². The van der Waals surface area contributed by atoms with Crippen molar-refractivity contribution in [2.75, 3.05) is 37.4 Å². The molecule has 0 aliphatic heterocycles. The van der Waals surface area contributed by atoms with Gasteiger partial charge in [-0.15, -0.1) is 0 Å². The first kappa shape index (κ1) is 30.3. The zero-order chi connectivity index (χ0) is 26.9. The summed E-state index contributed by atoms with van der Waals surface area (Å²) in [7, 11) is 1.62. The molecule has 0 saturated heterocycles. The maximum absolute atomic E-state index is 11.2. The van der Waals surface area contributed by atoms with Gasteiger partial charge in [0.05, 0.1) is 19.4 Å². The number of benzene rings is 2. The molecule has 0 spiro atoms. The molecule has 0 saturated carbocycles. The van der Waals surface area contributed by atoms with E-state index in [-0.39, 0.29) is 5.97 Å². The molecular weight excluding hydrogens is 456 g/mol. The number of carboxylic acid groups (broad SMARTS) is 1. The molecule has 36 heavy (non-hydrogen) atoms. The predicted octanol–water partition coefficient (Wildman–Crippen LogP) is 6.40. The lowest BCUT2D eigenvalue weighted by Gasteiger charge is -2.10. The topological polar surface area (TPSA) is 96.9 Å². The summed E-state index contributed by atoms with van der Waals surface area (Å²) in [4.78, 5) is 22.1. The van der Waals surface area contributed by atoms with Crippen LogP contribution < -0.4 is 15.4 Å². The van der Waals surface area contributed by atoms with Crippen molar-refractivity contribution in [3.05, 3.63) is 64.7 Å². The number of carbonyl (C=O) groups is 2. The highest BCUT2D eigenvalue weighted by Gasteiger charge is 2.05. The van der Waals surface area contributed by atoms with Gasteiger partial charge in [-0.25, -0.2) is 9.59 Å². The summed E-state index contributed by atoms with van der Waals surface area (Å²) in [6.45, 7) is 12.0. The van der Waals surface area contributed by atoms with Gasteiger partial charge in [-0.3, -0.25) is 0 Å². The predicted molar refractivity (Wildman–Crippen MR) is 149 cm³/mol. The Bertz CT molecular complexity index is 1040. The number of methoxy groups -OCH3 is 1. The fraction of sp³-hybridized carbons (Fsp3) is 0.379. The Morgan fingerprint density at radius 1 is 0.972 bits per heavy atom. The van der Waals surface area contributed by atoms with Gasteiger partial charge in [-0.1, -0.05) is 26.0 Å². The molecule has 0 atom stereocenters. The number of hydrogen-bond acceptors (Lipinski definition) is 6. The van der Waals surface area contributed by atoms with Crippen LogP contribution in [0.2, 0.25) is 0 Å². The number of esters is 1. The number of aryl methyl sites for hydroxylation is 1. The minimum Gasteiger partial charge on any atom is -0.495 e. The zero-order valence-corrected chi connectivity index (χ0v) is 22.3. The fourth-order valence-electron chi connectivity index (χ4n) is 3.25. The van der Waals surface area contributed by atoms with Crippen molar-refractivity contribution < 1.29 is 24.2 Å². The monoisotopic (exact) mass is 496 g/mol. The number of aliphatic carboxylic acids is 1. The number of hydrogen-bond donors (Lipinski definition) is 3. The first-order valence-corrected chi connectivity index (χ1v) is 12.3. The van der Waals surface area contributed by atoms with E-state index in [1.54, 1.807) is 26.2 Å². The molecule has 0 unspecified atom stereocenters. The Balaban J connectivity index is 0.000000360. The van der Waals surface area contributed by atoms with Crippen molar-refractivity contribution in [1.82, 2.24) is 0 Å². The van der Waals surface area contributed by atoms with E-state index in [1.165, 1.54) is 6.08 Å².